The lowest BCUT2D eigenvalue weighted by Crippen LogP contribution is -2.34. The van der Waals surface area contributed by atoms with Crippen LogP contribution in [-0.2, 0) is 19.1 Å². The predicted octanol–water partition coefficient (Wildman–Crippen LogP) is 3.17. The van der Waals surface area contributed by atoms with Crippen molar-refractivity contribution in [3.8, 4) is 0 Å². The van der Waals surface area contributed by atoms with Gasteiger partial charge in [0.25, 0.3) is 0 Å². The van der Waals surface area contributed by atoms with Crippen LogP contribution in [0.2, 0.25) is 0 Å². The van der Waals surface area contributed by atoms with Crippen LogP contribution in [0.15, 0.2) is 34.2 Å². The highest BCUT2D eigenvalue weighted by Crippen LogP contribution is 2.56. The van der Waals surface area contributed by atoms with Crippen molar-refractivity contribution in [2.75, 3.05) is 0 Å². The summed E-state index contributed by atoms with van der Waals surface area (Å²) < 4.78 is 16.3. The Morgan fingerprint density at radius 2 is 2.14 bits per heavy atom. The van der Waals surface area contributed by atoms with Gasteiger partial charge in [-0.1, -0.05) is 13.8 Å². The number of rotatable bonds is 2. The summed E-state index contributed by atoms with van der Waals surface area (Å²) in [5, 5.41) is 0. The van der Waals surface area contributed by atoms with Gasteiger partial charge in [-0.25, -0.2) is 4.79 Å². The summed E-state index contributed by atoms with van der Waals surface area (Å²) in [6.45, 7) is 7.35. The number of fused-ring (bicyclic) bond motifs is 1. The molecule has 1 aliphatic heterocycles. The molecule has 1 fully saturated rings. The predicted molar refractivity (Wildman–Crippen MR) is 77.7 cm³/mol. The van der Waals surface area contributed by atoms with E-state index in [-0.39, 0.29) is 29.4 Å². The normalized spacial score (nSPS) is 30.0. The zero-order valence-corrected chi connectivity index (χ0v) is 13.2. The van der Waals surface area contributed by atoms with Crippen LogP contribution >= 0.6 is 0 Å². The second kappa shape index (κ2) is 5.00. The molecular weight excluding hydrogens is 284 g/mol. The van der Waals surface area contributed by atoms with Gasteiger partial charge in [-0.15, -0.1) is 0 Å². The number of carbonyl (C=O) groups is 2. The molecule has 0 bridgehead atoms. The molecule has 0 radical (unpaired) electrons. The molecule has 1 aromatic heterocycles. The first kappa shape index (κ1) is 14.9. The fourth-order valence-corrected chi connectivity index (χ4v) is 3.91. The highest BCUT2D eigenvalue weighted by atomic mass is 16.6. The highest BCUT2D eigenvalue weighted by molar-refractivity contribution is 5.90. The monoisotopic (exact) mass is 304 g/mol. The Hall–Kier alpha value is -2.04. The van der Waals surface area contributed by atoms with Gasteiger partial charge in [-0.05, 0) is 30.4 Å². The van der Waals surface area contributed by atoms with E-state index in [2.05, 4.69) is 13.8 Å². The van der Waals surface area contributed by atoms with Gasteiger partial charge in [-0.3, -0.25) is 4.79 Å². The Kier molecular flexibility index (Phi) is 3.38. The molecule has 5 nitrogen and oxygen atoms in total. The van der Waals surface area contributed by atoms with Crippen LogP contribution in [0.1, 0.15) is 45.8 Å². The molecule has 5 heteroatoms. The number of cyclic esters (lactones) is 1. The molecule has 0 saturated heterocycles. The van der Waals surface area contributed by atoms with E-state index in [0.29, 0.717) is 12.0 Å². The number of esters is 2. The lowest BCUT2D eigenvalue weighted by atomic mass is 9.78. The van der Waals surface area contributed by atoms with E-state index in [1.807, 2.05) is 0 Å². The third-order valence-electron chi connectivity index (χ3n) is 4.63. The van der Waals surface area contributed by atoms with Crippen LogP contribution in [0, 0.1) is 11.3 Å². The molecule has 2 aliphatic rings. The van der Waals surface area contributed by atoms with Crippen molar-refractivity contribution in [2.24, 2.45) is 11.3 Å². The standard InChI is InChI=1S/C17H20O5/c1-9-14-13(12(21-10(2)18)7-17(14,3)4)15(22-16(9)19)11-5-6-20-8-11/h5-6,8,12-13,15H,7H2,1-4H3/t12-,13+,15-/m1/s1. The van der Waals surface area contributed by atoms with Gasteiger partial charge in [0.1, 0.15) is 12.2 Å². The Balaban J connectivity index is 2.10. The number of furan rings is 1. The van der Waals surface area contributed by atoms with Gasteiger partial charge >= 0.3 is 11.9 Å². The summed E-state index contributed by atoms with van der Waals surface area (Å²) in [7, 11) is 0. The van der Waals surface area contributed by atoms with Crippen molar-refractivity contribution in [3.63, 3.8) is 0 Å². The molecule has 0 aromatic carbocycles. The van der Waals surface area contributed by atoms with Crippen LogP contribution in [0.4, 0.5) is 0 Å². The lowest BCUT2D eigenvalue weighted by molar-refractivity contribution is -0.157. The van der Waals surface area contributed by atoms with Crippen molar-refractivity contribution in [3.05, 3.63) is 35.3 Å². The van der Waals surface area contributed by atoms with Gasteiger partial charge in [0.2, 0.25) is 0 Å². The zero-order chi connectivity index (χ0) is 16.1. The molecule has 1 aromatic rings. The summed E-state index contributed by atoms with van der Waals surface area (Å²) >= 11 is 0. The van der Waals surface area contributed by atoms with Crippen LogP contribution in [0.3, 0.4) is 0 Å². The van der Waals surface area contributed by atoms with Crippen LogP contribution in [0.25, 0.3) is 0 Å². The van der Waals surface area contributed by atoms with Crippen molar-refractivity contribution in [2.45, 2.75) is 46.3 Å². The van der Waals surface area contributed by atoms with E-state index in [9.17, 15) is 9.59 Å². The third kappa shape index (κ3) is 2.25. The number of hydrogen-bond donors (Lipinski definition) is 0. The minimum absolute atomic E-state index is 0.158. The second-order valence-electron chi connectivity index (χ2n) is 6.68. The van der Waals surface area contributed by atoms with Crippen molar-refractivity contribution < 1.29 is 23.5 Å². The molecule has 0 unspecified atom stereocenters. The summed E-state index contributed by atoms with van der Waals surface area (Å²) in [6.07, 6.45) is 3.03. The third-order valence-corrected chi connectivity index (χ3v) is 4.63. The average molecular weight is 304 g/mol. The molecule has 0 amide bonds. The first-order valence-electron chi connectivity index (χ1n) is 7.43. The first-order chi connectivity index (χ1) is 10.3. The largest absolute Gasteiger partial charge is 0.472 e. The van der Waals surface area contributed by atoms with Gasteiger partial charge in [0.15, 0.2) is 0 Å². The smallest absolute Gasteiger partial charge is 0.334 e. The zero-order valence-electron chi connectivity index (χ0n) is 13.2. The topological polar surface area (TPSA) is 65.7 Å². The molecule has 0 N–H and O–H groups in total. The molecule has 3 rings (SSSR count). The molecule has 1 aliphatic carbocycles. The molecule has 1 saturated carbocycles. The summed E-state index contributed by atoms with van der Waals surface area (Å²) in [5.74, 6) is -0.786. The number of carbonyl (C=O) groups excluding carboxylic acids is 2. The maximum atomic E-state index is 12.2. The van der Waals surface area contributed by atoms with Crippen LogP contribution in [-0.4, -0.2) is 18.0 Å². The summed E-state index contributed by atoms with van der Waals surface area (Å²) in [4.78, 5) is 23.7. The minimum atomic E-state index is -0.476. The van der Waals surface area contributed by atoms with E-state index >= 15 is 0 Å². The Bertz CT molecular complexity index is 638. The molecule has 22 heavy (non-hydrogen) atoms. The average Bonchev–Trinajstić information content (AvgIpc) is 3.00. The Morgan fingerprint density at radius 3 is 2.73 bits per heavy atom. The Labute approximate surface area is 129 Å². The highest BCUT2D eigenvalue weighted by Gasteiger charge is 2.54. The van der Waals surface area contributed by atoms with Crippen molar-refractivity contribution in [1.82, 2.24) is 0 Å². The van der Waals surface area contributed by atoms with Gasteiger partial charge in [0, 0.05) is 18.1 Å². The molecular formula is C17H20O5. The van der Waals surface area contributed by atoms with Gasteiger partial charge in [0.05, 0.1) is 18.4 Å². The van der Waals surface area contributed by atoms with Crippen molar-refractivity contribution >= 4 is 11.9 Å². The molecule has 2 heterocycles. The van der Waals surface area contributed by atoms with Crippen LogP contribution < -0.4 is 0 Å². The summed E-state index contributed by atoms with van der Waals surface area (Å²) in [5.41, 5.74) is 2.24. The van der Waals surface area contributed by atoms with Crippen LogP contribution in [0.5, 0.6) is 0 Å². The van der Waals surface area contributed by atoms with E-state index < -0.39 is 6.10 Å². The Morgan fingerprint density at radius 1 is 1.41 bits per heavy atom. The molecule has 0 spiro atoms. The fourth-order valence-electron chi connectivity index (χ4n) is 3.91. The number of hydrogen-bond acceptors (Lipinski definition) is 5. The quantitative estimate of drug-likeness (QED) is 0.785. The molecule has 118 valence electrons. The molecule has 3 atom stereocenters. The van der Waals surface area contributed by atoms with E-state index in [0.717, 1.165) is 11.1 Å². The number of ether oxygens (including phenoxy) is 2. The summed E-state index contributed by atoms with van der Waals surface area (Å²) in [6, 6.07) is 1.78. The first-order valence-corrected chi connectivity index (χ1v) is 7.43. The lowest BCUT2D eigenvalue weighted by Gasteiger charge is -2.35. The van der Waals surface area contributed by atoms with E-state index in [4.69, 9.17) is 13.9 Å². The maximum Gasteiger partial charge on any atom is 0.334 e. The van der Waals surface area contributed by atoms with Gasteiger partial charge < -0.3 is 13.9 Å². The maximum absolute atomic E-state index is 12.2. The van der Waals surface area contributed by atoms with Crippen molar-refractivity contribution in [1.29, 1.82) is 0 Å². The van der Waals surface area contributed by atoms with E-state index in [1.165, 1.54) is 6.92 Å². The van der Waals surface area contributed by atoms with Gasteiger partial charge in [-0.2, -0.15) is 0 Å². The van der Waals surface area contributed by atoms with E-state index in [1.54, 1.807) is 25.5 Å². The minimum Gasteiger partial charge on any atom is -0.472 e. The fraction of sp³-hybridized carbons (Fsp3) is 0.529. The SMILES string of the molecule is CC(=O)O[C@@H]1CC(C)(C)C2=C(C)C(=O)O[C@H](c3ccoc3)[C@H]21. The second-order valence-corrected chi connectivity index (χ2v) is 6.68.